The van der Waals surface area contributed by atoms with Crippen LogP contribution in [0.15, 0.2) is 78.9 Å². The molecule has 3 atom stereocenters. The molecule has 0 aromatic heterocycles. The van der Waals surface area contributed by atoms with Gasteiger partial charge in [-0.15, -0.1) is 0 Å². The predicted molar refractivity (Wildman–Crippen MR) is 150 cm³/mol. The molecule has 1 aliphatic heterocycles. The molecule has 40 heavy (non-hydrogen) atoms. The highest BCUT2D eigenvalue weighted by atomic mass is 16.5. The van der Waals surface area contributed by atoms with E-state index >= 15 is 0 Å². The molecule has 2 unspecified atom stereocenters. The number of fused-ring (bicyclic) bond motifs is 1. The molecule has 0 saturated heterocycles. The zero-order valence-corrected chi connectivity index (χ0v) is 22.5. The zero-order chi connectivity index (χ0) is 28.6. The van der Waals surface area contributed by atoms with Gasteiger partial charge in [0.2, 0.25) is 5.91 Å². The van der Waals surface area contributed by atoms with E-state index in [0.29, 0.717) is 17.7 Å². The molecule has 1 heterocycles. The van der Waals surface area contributed by atoms with Crippen molar-refractivity contribution in [3.8, 4) is 0 Å². The first-order valence-corrected chi connectivity index (χ1v) is 13.1. The summed E-state index contributed by atoms with van der Waals surface area (Å²) in [7, 11) is 0. The van der Waals surface area contributed by atoms with Crippen LogP contribution in [-0.2, 0) is 33.9 Å². The van der Waals surface area contributed by atoms with Gasteiger partial charge in [0, 0.05) is 23.8 Å². The van der Waals surface area contributed by atoms with Crippen LogP contribution in [0.3, 0.4) is 0 Å². The number of ketones is 1. The average Bonchev–Trinajstić information content (AvgIpc) is 2.94. The lowest BCUT2D eigenvalue weighted by molar-refractivity contribution is -0.144. The van der Waals surface area contributed by atoms with E-state index in [4.69, 9.17) is 4.74 Å². The summed E-state index contributed by atoms with van der Waals surface area (Å²) in [6, 6.07) is 21.2. The minimum Gasteiger partial charge on any atom is -0.481 e. The summed E-state index contributed by atoms with van der Waals surface area (Å²) in [4.78, 5) is 52.1. The van der Waals surface area contributed by atoms with Gasteiger partial charge in [0.1, 0.15) is 6.04 Å². The lowest BCUT2D eigenvalue weighted by Crippen LogP contribution is -2.58. The lowest BCUT2D eigenvalue weighted by Gasteiger charge is -2.39. The van der Waals surface area contributed by atoms with E-state index in [0.717, 1.165) is 16.7 Å². The fourth-order valence-electron chi connectivity index (χ4n) is 4.81. The molecule has 3 amide bonds. The zero-order valence-electron chi connectivity index (χ0n) is 22.5. The monoisotopic (exact) mass is 543 g/mol. The van der Waals surface area contributed by atoms with Gasteiger partial charge in [-0.25, -0.2) is 4.79 Å². The number of amides is 3. The number of carboxylic acid groups (broad SMARTS) is 1. The third kappa shape index (κ3) is 7.33. The Morgan fingerprint density at radius 3 is 2.38 bits per heavy atom. The lowest BCUT2D eigenvalue weighted by atomic mass is 9.91. The van der Waals surface area contributed by atoms with Crippen LogP contribution in [-0.4, -0.2) is 51.9 Å². The van der Waals surface area contributed by atoms with E-state index in [-0.39, 0.29) is 25.4 Å². The molecule has 208 valence electrons. The van der Waals surface area contributed by atoms with Crippen LogP contribution in [0.5, 0.6) is 0 Å². The Labute approximate surface area is 233 Å². The summed E-state index contributed by atoms with van der Waals surface area (Å²) in [6.45, 7) is 3.58. The molecule has 0 spiro atoms. The Morgan fingerprint density at radius 2 is 1.68 bits per heavy atom. The Kier molecular flexibility index (Phi) is 9.29. The summed E-state index contributed by atoms with van der Waals surface area (Å²) in [5, 5.41) is 15.0. The second-order valence-electron chi connectivity index (χ2n) is 9.91. The number of nitrogens with zero attached hydrogens (tertiary/aromatic N) is 1. The Bertz CT molecular complexity index is 1380. The molecule has 3 aromatic rings. The van der Waals surface area contributed by atoms with Crippen molar-refractivity contribution in [2.45, 2.75) is 58.0 Å². The first kappa shape index (κ1) is 28.5. The molecule has 0 saturated carbocycles. The van der Waals surface area contributed by atoms with Crippen molar-refractivity contribution in [3.05, 3.63) is 101 Å². The third-order valence-electron chi connectivity index (χ3n) is 6.95. The topological polar surface area (TPSA) is 125 Å². The van der Waals surface area contributed by atoms with Gasteiger partial charge in [-0.3, -0.25) is 14.4 Å². The average molecular weight is 544 g/mol. The molecule has 0 radical (unpaired) electrons. The number of Topliss-reactive ketones (excluding diaryl/α,β-unsaturated/α-hetero) is 1. The predicted octanol–water partition coefficient (Wildman–Crippen LogP) is 4.41. The summed E-state index contributed by atoms with van der Waals surface area (Å²) < 4.78 is 6.04. The van der Waals surface area contributed by atoms with Crippen LogP contribution >= 0.6 is 0 Å². The number of hydrogen-bond donors (Lipinski definition) is 3. The number of anilines is 1. The van der Waals surface area contributed by atoms with Crippen molar-refractivity contribution < 1.29 is 29.0 Å². The van der Waals surface area contributed by atoms with Gasteiger partial charge in [-0.1, -0.05) is 66.7 Å². The second-order valence-corrected chi connectivity index (χ2v) is 9.91. The summed E-state index contributed by atoms with van der Waals surface area (Å²) >= 11 is 0. The Hall–Kier alpha value is -4.50. The van der Waals surface area contributed by atoms with Crippen LogP contribution in [0.1, 0.15) is 47.3 Å². The fourth-order valence-corrected chi connectivity index (χ4v) is 4.81. The van der Waals surface area contributed by atoms with E-state index in [9.17, 15) is 24.3 Å². The van der Waals surface area contributed by atoms with E-state index < -0.39 is 36.1 Å². The Balaban J connectivity index is 1.57. The fraction of sp³-hybridized carbons (Fsp3) is 0.290. The van der Waals surface area contributed by atoms with E-state index in [1.54, 1.807) is 31.2 Å². The number of urea groups is 1. The van der Waals surface area contributed by atoms with Gasteiger partial charge in [-0.2, -0.15) is 0 Å². The number of benzene rings is 3. The van der Waals surface area contributed by atoms with Gasteiger partial charge in [-0.05, 0) is 49.1 Å². The highest BCUT2D eigenvalue weighted by Gasteiger charge is 2.38. The van der Waals surface area contributed by atoms with Gasteiger partial charge < -0.3 is 25.4 Å². The number of aliphatic carboxylic acids is 1. The third-order valence-corrected chi connectivity index (χ3v) is 6.95. The van der Waals surface area contributed by atoms with E-state index in [1.807, 2.05) is 54.6 Å². The van der Waals surface area contributed by atoms with Crippen LogP contribution in [0.4, 0.5) is 10.5 Å². The number of rotatable bonds is 10. The highest BCUT2D eigenvalue weighted by Crippen LogP contribution is 2.26. The maximum Gasteiger partial charge on any atom is 0.319 e. The van der Waals surface area contributed by atoms with Crippen molar-refractivity contribution in [3.63, 3.8) is 0 Å². The minimum absolute atomic E-state index is 0.144. The molecular weight excluding hydrogens is 510 g/mol. The summed E-state index contributed by atoms with van der Waals surface area (Å²) in [5.74, 6) is -1.59. The normalized spacial score (nSPS) is 15.8. The molecule has 4 rings (SSSR count). The van der Waals surface area contributed by atoms with E-state index in [2.05, 4.69) is 10.6 Å². The molecule has 0 aliphatic carbocycles. The standard InChI is InChI=1S/C31H33N3O6/c1-20(35)23-13-8-14-26(15-23)32-31(39)33-29(21(2)40-19-22-9-4-3-5-10-22)30(38)34-18-25-12-7-6-11-24(25)16-27(34)17-28(36)37/h3-15,21,27,29H,16-19H2,1-2H3,(H,36,37)(H2,32,33,39)/t21?,27-,29?/m1/s1. The van der Waals surface area contributed by atoms with Crippen LogP contribution in [0, 0.1) is 0 Å². The SMILES string of the molecule is CC(=O)c1cccc(NC(=O)NC(C(=O)N2Cc3ccccc3C[C@@H]2CC(=O)O)C(C)OCc2ccccc2)c1. The van der Waals surface area contributed by atoms with Crippen LogP contribution in [0.25, 0.3) is 0 Å². The van der Waals surface area contributed by atoms with Gasteiger partial charge >= 0.3 is 12.0 Å². The Morgan fingerprint density at radius 1 is 0.975 bits per heavy atom. The number of nitrogens with one attached hydrogen (secondary N) is 2. The number of carboxylic acids is 1. The number of ether oxygens (including phenoxy) is 1. The quantitative estimate of drug-likeness (QED) is 0.325. The molecular formula is C31H33N3O6. The molecule has 3 N–H and O–H groups in total. The summed E-state index contributed by atoms with van der Waals surface area (Å²) in [5.41, 5.74) is 3.67. The number of carbonyl (C=O) groups is 4. The smallest absolute Gasteiger partial charge is 0.319 e. The maximum absolute atomic E-state index is 14.0. The first-order valence-electron chi connectivity index (χ1n) is 13.1. The molecule has 1 aliphatic rings. The van der Waals surface area contributed by atoms with Gasteiger partial charge in [0.25, 0.3) is 0 Å². The molecule has 0 fully saturated rings. The molecule has 9 nitrogen and oxygen atoms in total. The maximum atomic E-state index is 14.0. The van der Waals surface area contributed by atoms with Crippen molar-refractivity contribution in [2.24, 2.45) is 0 Å². The van der Waals surface area contributed by atoms with E-state index in [1.165, 1.54) is 11.8 Å². The second kappa shape index (κ2) is 13.0. The van der Waals surface area contributed by atoms with Crippen molar-refractivity contribution in [1.82, 2.24) is 10.2 Å². The molecule has 3 aromatic carbocycles. The van der Waals surface area contributed by atoms with Crippen molar-refractivity contribution in [2.75, 3.05) is 5.32 Å². The summed E-state index contributed by atoms with van der Waals surface area (Å²) in [6.07, 6.45) is -0.579. The van der Waals surface area contributed by atoms with Gasteiger partial charge in [0.05, 0.1) is 19.1 Å². The van der Waals surface area contributed by atoms with Crippen molar-refractivity contribution >= 4 is 29.4 Å². The molecule has 0 bridgehead atoms. The highest BCUT2D eigenvalue weighted by molar-refractivity contribution is 5.98. The van der Waals surface area contributed by atoms with Crippen LogP contribution < -0.4 is 10.6 Å². The van der Waals surface area contributed by atoms with Crippen LogP contribution in [0.2, 0.25) is 0 Å². The van der Waals surface area contributed by atoms with Crippen molar-refractivity contribution in [1.29, 1.82) is 0 Å². The number of hydrogen-bond acceptors (Lipinski definition) is 5. The minimum atomic E-state index is -1.11. The first-order chi connectivity index (χ1) is 19.2. The number of carbonyl (C=O) groups excluding carboxylic acids is 3. The largest absolute Gasteiger partial charge is 0.481 e. The van der Waals surface area contributed by atoms with Gasteiger partial charge in [0.15, 0.2) is 5.78 Å². The molecule has 9 heteroatoms.